The van der Waals surface area contributed by atoms with Crippen molar-refractivity contribution in [3.05, 3.63) is 58.6 Å². The van der Waals surface area contributed by atoms with E-state index in [-0.39, 0.29) is 0 Å². The SMILES string of the molecule is COc1cccc(N=Cc2ccc(Br)cc2)c1. The first-order chi connectivity index (χ1) is 8.28. The van der Waals surface area contributed by atoms with E-state index >= 15 is 0 Å². The monoisotopic (exact) mass is 289 g/mol. The lowest BCUT2D eigenvalue weighted by Gasteiger charge is -1.99. The molecule has 0 saturated carbocycles. The maximum absolute atomic E-state index is 5.14. The molecule has 2 aromatic carbocycles. The summed E-state index contributed by atoms with van der Waals surface area (Å²) in [5, 5.41) is 0. The van der Waals surface area contributed by atoms with Crippen LogP contribution in [-0.2, 0) is 0 Å². The second kappa shape index (κ2) is 5.64. The van der Waals surface area contributed by atoms with Crippen molar-refractivity contribution in [1.82, 2.24) is 0 Å². The topological polar surface area (TPSA) is 21.6 Å². The van der Waals surface area contributed by atoms with Crippen LogP contribution in [0.2, 0.25) is 0 Å². The van der Waals surface area contributed by atoms with Crippen molar-refractivity contribution < 1.29 is 4.74 Å². The molecule has 2 aromatic rings. The number of benzene rings is 2. The van der Waals surface area contributed by atoms with Crippen LogP contribution < -0.4 is 4.74 Å². The highest BCUT2D eigenvalue weighted by atomic mass is 79.9. The van der Waals surface area contributed by atoms with Crippen LogP contribution in [0.1, 0.15) is 5.56 Å². The van der Waals surface area contributed by atoms with Gasteiger partial charge in [-0.15, -0.1) is 0 Å². The van der Waals surface area contributed by atoms with E-state index in [1.807, 2.05) is 54.7 Å². The van der Waals surface area contributed by atoms with Crippen molar-refractivity contribution in [2.75, 3.05) is 7.11 Å². The van der Waals surface area contributed by atoms with Crippen molar-refractivity contribution in [2.24, 2.45) is 4.99 Å². The summed E-state index contributed by atoms with van der Waals surface area (Å²) in [6, 6.07) is 15.7. The van der Waals surface area contributed by atoms with Crippen LogP contribution in [0.15, 0.2) is 58.0 Å². The first-order valence-electron chi connectivity index (χ1n) is 5.21. The van der Waals surface area contributed by atoms with E-state index in [2.05, 4.69) is 20.9 Å². The minimum atomic E-state index is 0.815. The smallest absolute Gasteiger partial charge is 0.121 e. The number of rotatable bonds is 3. The van der Waals surface area contributed by atoms with Crippen LogP contribution in [0.25, 0.3) is 0 Å². The van der Waals surface area contributed by atoms with Gasteiger partial charge in [-0.2, -0.15) is 0 Å². The molecule has 0 aliphatic heterocycles. The number of nitrogens with zero attached hydrogens (tertiary/aromatic N) is 1. The lowest BCUT2D eigenvalue weighted by Crippen LogP contribution is -1.82. The number of halogens is 1. The first-order valence-corrected chi connectivity index (χ1v) is 6.01. The Morgan fingerprint density at radius 1 is 1.12 bits per heavy atom. The minimum Gasteiger partial charge on any atom is -0.497 e. The molecule has 0 N–H and O–H groups in total. The molecule has 0 fully saturated rings. The Hall–Kier alpha value is -1.61. The molecule has 0 aliphatic rings. The maximum atomic E-state index is 5.14. The maximum Gasteiger partial charge on any atom is 0.121 e. The molecule has 2 nitrogen and oxygen atoms in total. The number of methoxy groups -OCH3 is 1. The zero-order chi connectivity index (χ0) is 12.1. The van der Waals surface area contributed by atoms with Gasteiger partial charge in [0.1, 0.15) is 5.75 Å². The van der Waals surface area contributed by atoms with Crippen molar-refractivity contribution in [1.29, 1.82) is 0 Å². The van der Waals surface area contributed by atoms with Crippen molar-refractivity contribution in [3.63, 3.8) is 0 Å². The number of hydrogen-bond acceptors (Lipinski definition) is 2. The average Bonchev–Trinajstić information content (AvgIpc) is 2.38. The molecule has 0 spiro atoms. The minimum absolute atomic E-state index is 0.815. The van der Waals surface area contributed by atoms with E-state index in [1.165, 1.54) is 0 Å². The molecule has 2 rings (SSSR count). The van der Waals surface area contributed by atoms with E-state index in [9.17, 15) is 0 Å². The molecular formula is C14H12BrNO. The van der Waals surface area contributed by atoms with Crippen molar-refractivity contribution in [2.45, 2.75) is 0 Å². The molecule has 17 heavy (non-hydrogen) atoms. The molecule has 0 atom stereocenters. The third-order valence-electron chi connectivity index (χ3n) is 2.29. The normalized spacial score (nSPS) is 10.7. The van der Waals surface area contributed by atoms with Gasteiger partial charge in [-0.25, -0.2) is 0 Å². The van der Waals surface area contributed by atoms with Gasteiger partial charge in [0.15, 0.2) is 0 Å². The van der Waals surface area contributed by atoms with Crippen molar-refractivity contribution >= 4 is 27.8 Å². The van der Waals surface area contributed by atoms with E-state index in [1.54, 1.807) is 7.11 Å². The molecule has 0 aliphatic carbocycles. The van der Waals surface area contributed by atoms with Crippen molar-refractivity contribution in [3.8, 4) is 5.75 Å². The second-order valence-electron chi connectivity index (χ2n) is 3.51. The number of ether oxygens (including phenoxy) is 1. The number of aliphatic imine (C=N–C) groups is 1. The largest absolute Gasteiger partial charge is 0.497 e. The summed E-state index contributed by atoms with van der Waals surface area (Å²) >= 11 is 3.40. The van der Waals surface area contributed by atoms with Gasteiger partial charge in [0.25, 0.3) is 0 Å². The highest BCUT2D eigenvalue weighted by Crippen LogP contribution is 2.19. The van der Waals surface area contributed by atoms with Gasteiger partial charge in [0, 0.05) is 16.8 Å². The third-order valence-corrected chi connectivity index (χ3v) is 2.81. The van der Waals surface area contributed by atoms with Gasteiger partial charge in [-0.1, -0.05) is 34.1 Å². The molecule has 86 valence electrons. The van der Waals surface area contributed by atoms with Gasteiger partial charge in [0.05, 0.1) is 12.8 Å². The zero-order valence-corrected chi connectivity index (χ0v) is 11.0. The average molecular weight is 290 g/mol. The Bertz CT molecular complexity index is 520. The Balaban J connectivity index is 2.16. The van der Waals surface area contributed by atoms with Gasteiger partial charge in [-0.05, 0) is 29.8 Å². The molecular weight excluding hydrogens is 278 g/mol. The Morgan fingerprint density at radius 3 is 2.59 bits per heavy atom. The summed E-state index contributed by atoms with van der Waals surface area (Å²) in [5.74, 6) is 0.815. The molecule has 0 amide bonds. The molecule has 3 heteroatoms. The Kier molecular flexibility index (Phi) is 3.94. The zero-order valence-electron chi connectivity index (χ0n) is 9.43. The lowest BCUT2D eigenvalue weighted by molar-refractivity contribution is 0.415. The Morgan fingerprint density at radius 2 is 1.88 bits per heavy atom. The third kappa shape index (κ3) is 3.43. The van der Waals surface area contributed by atoms with Crippen LogP contribution in [0.5, 0.6) is 5.75 Å². The fourth-order valence-corrected chi connectivity index (χ4v) is 1.65. The van der Waals surface area contributed by atoms with Gasteiger partial charge < -0.3 is 4.74 Å². The van der Waals surface area contributed by atoms with E-state index in [4.69, 9.17) is 4.74 Å². The van der Waals surface area contributed by atoms with E-state index in [0.29, 0.717) is 0 Å². The van der Waals surface area contributed by atoms with Crippen LogP contribution in [0.4, 0.5) is 5.69 Å². The van der Waals surface area contributed by atoms with E-state index < -0.39 is 0 Å². The molecule has 0 heterocycles. The van der Waals surface area contributed by atoms with Gasteiger partial charge in [0.2, 0.25) is 0 Å². The van der Waals surface area contributed by atoms with Gasteiger partial charge in [-0.3, -0.25) is 4.99 Å². The predicted molar refractivity (Wildman–Crippen MR) is 74.4 cm³/mol. The molecule has 0 saturated heterocycles. The summed E-state index contributed by atoms with van der Waals surface area (Å²) in [4.78, 5) is 4.39. The standard InChI is InChI=1S/C14H12BrNO/c1-17-14-4-2-3-13(9-14)16-10-11-5-7-12(15)8-6-11/h2-10H,1H3. The van der Waals surface area contributed by atoms with Crippen LogP contribution >= 0.6 is 15.9 Å². The highest BCUT2D eigenvalue weighted by molar-refractivity contribution is 9.10. The fourth-order valence-electron chi connectivity index (χ4n) is 1.39. The molecule has 0 unspecified atom stereocenters. The van der Waals surface area contributed by atoms with Crippen LogP contribution in [0, 0.1) is 0 Å². The quantitative estimate of drug-likeness (QED) is 0.776. The summed E-state index contributed by atoms with van der Waals surface area (Å²) < 4.78 is 6.21. The summed E-state index contributed by atoms with van der Waals surface area (Å²) in [6.45, 7) is 0. The van der Waals surface area contributed by atoms with E-state index in [0.717, 1.165) is 21.5 Å². The Labute approximate surface area is 109 Å². The van der Waals surface area contributed by atoms with Crippen LogP contribution in [0.3, 0.4) is 0 Å². The van der Waals surface area contributed by atoms with Gasteiger partial charge >= 0.3 is 0 Å². The molecule has 0 bridgehead atoms. The lowest BCUT2D eigenvalue weighted by atomic mass is 10.2. The highest BCUT2D eigenvalue weighted by Gasteiger charge is 1.93. The summed E-state index contributed by atoms with van der Waals surface area (Å²) in [5.41, 5.74) is 1.95. The number of hydrogen-bond donors (Lipinski definition) is 0. The molecule has 0 aromatic heterocycles. The summed E-state index contributed by atoms with van der Waals surface area (Å²) in [7, 11) is 1.65. The molecule has 0 radical (unpaired) electrons. The predicted octanol–water partition coefficient (Wildman–Crippen LogP) is 4.21. The fraction of sp³-hybridized carbons (Fsp3) is 0.0714. The van der Waals surface area contributed by atoms with Crippen LogP contribution in [-0.4, -0.2) is 13.3 Å². The first kappa shape index (κ1) is 11.9. The summed E-state index contributed by atoms with van der Waals surface area (Å²) in [6.07, 6.45) is 1.83. The second-order valence-corrected chi connectivity index (χ2v) is 4.43.